The minimum absolute atomic E-state index is 0.0738. The molecule has 2 rings (SSSR count). The number of hydrogen-bond acceptors (Lipinski definition) is 7. The van der Waals surface area contributed by atoms with Crippen molar-refractivity contribution in [2.45, 2.75) is 45.1 Å². The third kappa shape index (κ3) is 5.63. The van der Waals surface area contributed by atoms with Crippen LogP contribution in [0.2, 0.25) is 10.0 Å². The van der Waals surface area contributed by atoms with E-state index in [-0.39, 0.29) is 17.8 Å². The number of benzene rings is 1. The molecule has 3 unspecified atom stereocenters. The second-order valence-corrected chi connectivity index (χ2v) is 8.12. The normalized spacial score (nSPS) is 25.5. The molecular weight excluding hydrogens is 403 g/mol. The summed E-state index contributed by atoms with van der Waals surface area (Å²) in [6, 6.07) is 3.10. The molecule has 4 N–H and O–H groups in total. The van der Waals surface area contributed by atoms with Crippen molar-refractivity contribution in [2.24, 2.45) is 0 Å². The van der Waals surface area contributed by atoms with Crippen molar-refractivity contribution in [3.63, 3.8) is 0 Å². The summed E-state index contributed by atoms with van der Waals surface area (Å²) in [6.07, 6.45) is -2.32. The number of anilines is 1. The van der Waals surface area contributed by atoms with Crippen LogP contribution in [0.15, 0.2) is 12.1 Å². The standard InChI is InChI=1S/C16H22Cl2N2O5S/c1-8(2)24-12-5-11(9(17)4-10(12)18)19-13(21)6-26-7-16(3)14(22)20-15(23)25-16/h4-5,8,14-15,20,22-23H,6-7H2,1-3H3,(H,19,21). The number of aliphatic hydroxyl groups excluding tert-OH is 2. The number of thioether (sulfide) groups is 1. The quantitative estimate of drug-likeness (QED) is 0.533. The monoisotopic (exact) mass is 424 g/mol. The summed E-state index contributed by atoms with van der Waals surface area (Å²) in [6.45, 7) is 5.38. The Morgan fingerprint density at radius 3 is 2.69 bits per heavy atom. The highest BCUT2D eigenvalue weighted by molar-refractivity contribution is 8.00. The van der Waals surface area contributed by atoms with Crippen LogP contribution in [0.5, 0.6) is 5.75 Å². The molecule has 1 aromatic carbocycles. The molecule has 1 heterocycles. The van der Waals surface area contributed by atoms with Crippen LogP contribution in [0, 0.1) is 0 Å². The van der Waals surface area contributed by atoms with Gasteiger partial charge in [-0.2, -0.15) is 0 Å². The van der Waals surface area contributed by atoms with Gasteiger partial charge < -0.3 is 25.0 Å². The highest BCUT2D eigenvalue weighted by atomic mass is 35.5. The number of amides is 1. The van der Waals surface area contributed by atoms with Gasteiger partial charge in [-0.25, -0.2) is 5.32 Å². The maximum atomic E-state index is 12.2. The summed E-state index contributed by atoms with van der Waals surface area (Å²) >= 11 is 13.5. The fourth-order valence-electron chi connectivity index (χ4n) is 2.28. The smallest absolute Gasteiger partial charge is 0.234 e. The van der Waals surface area contributed by atoms with Crippen molar-refractivity contribution < 1.29 is 24.5 Å². The van der Waals surface area contributed by atoms with Gasteiger partial charge in [-0.05, 0) is 26.8 Å². The van der Waals surface area contributed by atoms with Crippen LogP contribution in [0.3, 0.4) is 0 Å². The van der Waals surface area contributed by atoms with E-state index < -0.39 is 18.2 Å². The molecule has 1 aromatic rings. The van der Waals surface area contributed by atoms with Crippen molar-refractivity contribution in [3.8, 4) is 5.75 Å². The molecular formula is C16H22Cl2N2O5S. The number of nitrogens with one attached hydrogen (secondary N) is 2. The Labute approximate surface area is 166 Å². The predicted octanol–water partition coefficient (Wildman–Crippen LogP) is 2.43. The van der Waals surface area contributed by atoms with Gasteiger partial charge in [0.1, 0.15) is 17.6 Å². The zero-order chi connectivity index (χ0) is 19.5. The second-order valence-electron chi connectivity index (χ2n) is 6.32. The molecule has 26 heavy (non-hydrogen) atoms. The largest absolute Gasteiger partial charge is 0.489 e. The number of rotatable bonds is 7. The summed E-state index contributed by atoms with van der Waals surface area (Å²) < 4.78 is 10.8. The summed E-state index contributed by atoms with van der Waals surface area (Å²) in [7, 11) is 0. The molecule has 0 aromatic heterocycles. The van der Waals surface area contributed by atoms with E-state index in [1.165, 1.54) is 17.8 Å². The molecule has 146 valence electrons. The molecule has 1 aliphatic rings. The average molecular weight is 425 g/mol. The number of carbonyl (C=O) groups is 1. The van der Waals surface area contributed by atoms with Gasteiger partial charge in [0, 0.05) is 11.8 Å². The van der Waals surface area contributed by atoms with Crippen molar-refractivity contribution in [1.82, 2.24) is 5.32 Å². The number of carbonyl (C=O) groups excluding carboxylic acids is 1. The number of ether oxygens (including phenoxy) is 2. The van der Waals surface area contributed by atoms with Crippen molar-refractivity contribution in [1.29, 1.82) is 0 Å². The molecule has 0 radical (unpaired) electrons. The van der Waals surface area contributed by atoms with E-state index >= 15 is 0 Å². The molecule has 0 aliphatic carbocycles. The maximum Gasteiger partial charge on any atom is 0.234 e. The summed E-state index contributed by atoms with van der Waals surface area (Å²) in [4.78, 5) is 12.2. The van der Waals surface area contributed by atoms with E-state index in [4.69, 9.17) is 32.7 Å². The summed E-state index contributed by atoms with van der Waals surface area (Å²) in [5.41, 5.74) is -0.585. The van der Waals surface area contributed by atoms with Crippen molar-refractivity contribution >= 4 is 46.6 Å². The molecule has 3 atom stereocenters. The van der Waals surface area contributed by atoms with Crippen molar-refractivity contribution in [2.75, 3.05) is 16.8 Å². The Kier molecular flexibility index (Phi) is 7.43. The van der Waals surface area contributed by atoms with E-state index in [9.17, 15) is 15.0 Å². The third-order valence-electron chi connectivity index (χ3n) is 3.54. The van der Waals surface area contributed by atoms with Gasteiger partial charge in [0.05, 0.1) is 27.6 Å². The van der Waals surface area contributed by atoms with Crippen LogP contribution in [0.4, 0.5) is 5.69 Å². The summed E-state index contributed by atoms with van der Waals surface area (Å²) in [5.74, 6) is 0.575. The zero-order valence-electron chi connectivity index (χ0n) is 14.6. The zero-order valence-corrected chi connectivity index (χ0v) is 16.9. The predicted molar refractivity (Wildman–Crippen MR) is 103 cm³/mol. The van der Waals surface area contributed by atoms with E-state index in [1.807, 2.05) is 13.8 Å². The fraction of sp³-hybridized carbons (Fsp3) is 0.562. The lowest BCUT2D eigenvalue weighted by Crippen LogP contribution is -2.43. The van der Waals surface area contributed by atoms with Gasteiger partial charge in [-0.3, -0.25) is 4.79 Å². The Balaban J connectivity index is 1.91. The first kappa shape index (κ1) is 21.6. The van der Waals surface area contributed by atoms with Gasteiger partial charge in [0.25, 0.3) is 0 Å². The molecule has 10 heteroatoms. The average Bonchev–Trinajstić information content (AvgIpc) is 2.76. The lowest BCUT2D eigenvalue weighted by molar-refractivity contribution is -0.135. The third-order valence-corrected chi connectivity index (χ3v) is 5.39. The van der Waals surface area contributed by atoms with Gasteiger partial charge in [-0.15, -0.1) is 11.8 Å². The van der Waals surface area contributed by atoms with Crippen LogP contribution in [-0.4, -0.2) is 52.0 Å². The van der Waals surface area contributed by atoms with Crippen molar-refractivity contribution in [3.05, 3.63) is 22.2 Å². The molecule has 7 nitrogen and oxygen atoms in total. The molecule has 1 aliphatic heterocycles. The number of aliphatic hydroxyl groups is 2. The van der Waals surface area contributed by atoms with E-state index in [0.29, 0.717) is 27.2 Å². The molecule has 0 saturated carbocycles. The van der Waals surface area contributed by atoms with E-state index in [2.05, 4.69) is 10.6 Å². The number of hydrogen-bond donors (Lipinski definition) is 4. The van der Waals surface area contributed by atoms with Crippen LogP contribution in [0.25, 0.3) is 0 Å². The number of halogens is 2. The van der Waals surface area contributed by atoms with Gasteiger partial charge in [-0.1, -0.05) is 23.2 Å². The molecule has 1 saturated heterocycles. The minimum atomic E-state index is -1.23. The first-order valence-corrected chi connectivity index (χ1v) is 9.85. The van der Waals surface area contributed by atoms with Crippen LogP contribution >= 0.6 is 35.0 Å². The van der Waals surface area contributed by atoms with Crippen LogP contribution in [-0.2, 0) is 9.53 Å². The Morgan fingerprint density at radius 2 is 2.12 bits per heavy atom. The van der Waals surface area contributed by atoms with E-state index in [1.54, 1.807) is 13.0 Å². The second kappa shape index (κ2) is 8.97. The fourth-order valence-corrected chi connectivity index (χ4v) is 3.75. The lowest BCUT2D eigenvalue weighted by atomic mass is 10.1. The Hall–Kier alpha value is -0.740. The first-order chi connectivity index (χ1) is 12.1. The molecule has 1 fully saturated rings. The first-order valence-electron chi connectivity index (χ1n) is 7.94. The molecule has 1 amide bonds. The van der Waals surface area contributed by atoms with Gasteiger partial charge in [0.2, 0.25) is 12.3 Å². The lowest BCUT2D eigenvalue weighted by Gasteiger charge is -2.25. The Bertz CT molecular complexity index is 664. The minimum Gasteiger partial charge on any atom is -0.489 e. The van der Waals surface area contributed by atoms with E-state index in [0.717, 1.165) is 0 Å². The highest BCUT2D eigenvalue weighted by Crippen LogP contribution is 2.35. The summed E-state index contributed by atoms with van der Waals surface area (Å²) in [5, 5.41) is 25.0. The SMILES string of the molecule is CC(C)Oc1cc(NC(=O)CSCC2(C)OC(O)NC2O)c(Cl)cc1Cl. The highest BCUT2D eigenvalue weighted by Gasteiger charge is 2.43. The Morgan fingerprint density at radius 1 is 1.42 bits per heavy atom. The van der Waals surface area contributed by atoms with Crippen LogP contribution in [0.1, 0.15) is 20.8 Å². The van der Waals surface area contributed by atoms with Gasteiger partial charge >= 0.3 is 0 Å². The molecule has 0 spiro atoms. The van der Waals surface area contributed by atoms with Crippen LogP contribution < -0.4 is 15.4 Å². The molecule has 0 bridgehead atoms. The topological polar surface area (TPSA) is 100 Å². The van der Waals surface area contributed by atoms with Gasteiger partial charge in [0.15, 0.2) is 0 Å². The maximum absolute atomic E-state index is 12.2.